The van der Waals surface area contributed by atoms with Crippen LogP contribution in [0, 0.1) is 5.41 Å². The highest BCUT2D eigenvalue weighted by Crippen LogP contribution is 2.45. The van der Waals surface area contributed by atoms with E-state index in [-0.39, 0.29) is 0 Å². The quantitative estimate of drug-likeness (QED) is 0.825. The molecule has 0 unspecified atom stereocenters. The summed E-state index contributed by atoms with van der Waals surface area (Å²) >= 11 is 0. The molecule has 112 valence electrons. The molecule has 0 aromatic heterocycles. The number of nitrogens with zero attached hydrogens (tertiary/aromatic N) is 1. The largest absolute Gasteiger partial charge is 0.329 e. The van der Waals surface area contributed by atoms with Crippen molar-refractivity contribution in [3.63, 3.8) is 0 Å². The van der Waals surface area contributed by atoms with Gasteiger partial charge in [0.15, 0.2) is 0 Å². The topological polar surface area (TPSA) is 41.3 Å². The molecule has 1 aliphatic carbocycles. The zero-order chi connectivity index (χ0) is 13.9. The third-order valence-corrected chi connectivity index (χ3v) is 5.40. The average Bonchev–Trinajstić information content (AvgIpc) is 2.38. The highest BCUT2D eigenvalue weighted by molar-refractivity contribution is 4.94. The highest BCUT2D eigenvalue weighted by atomic mass is 15.2. The predicted molar refractivity (Wildman–Crippen MR) is 82.3 cm³/mol. The van der Waals surface area contributed by atoms with Gasteiger partial charge in [0.2, 0.25) is 0 Å². The first kappa shape index (κ1) is 15.3. The molecular formula is C16H33N3. The maximum atomic E-state index is 5.57. The monoisotopic (exact) mass is 267 g/mol. The summed E-state index contributed by atoms with van der Waals surface area (Å²) in [5, 5.41) is 3.59. The highest BCUT2D eigenvalue weighted by Gasteiger charge is 2.39. The molecule has 0 bridgehead atoms. The fraction of sp³-hybridized carbons (Fsp3) is 1.00. The summed E-state index contributed by atoms with van der Waals surface area (Å²) in [6.45, 7) is 11.4. The Morgan fingerprint density at radius 2 is 1.68 bits per heavy atom. The lowest BCUT2D eigenvalue weighted by Crippen LogP contribution is -2.50. The van der Waals surface area contributed by atoms with Crippen LogP contribution in [0.5, 0.6) is 0 Å². The maximum Gasteiger partial charge on any atom is 0.0125 e. The Morgan fingerprint density at radius 3 is 2.16 bits per heavy atom. The van der Waals surface area contributed by atoms with Crippen LogP contribution in [0.15, 0.2) is 0 Å². The molecule has 1 saturated heterocycles. The van der Waals surface area contributed by atoms with Crippen LogP contribution in [0.3, 0.4) is 0 Å². The van der Waals surface area contributed by atoms with Crippen molar-refractivity contribution < 1.29 is 0 Å². The Hall–Kier alpha value is -0.120. The van der Waals surface area contributed by atoms with Crippen LogP contribution in [-0.2, 0) is 0 Å². The standard InChI is InChI=1S/C16H33N3/c1-15(2,3)19-12-8-16(9-13-19)6-4-14(5-7-16)18-11-10-17/h14,18H,4-13,17H2,1-3H3. The molecule has 3 heteroatoms. The molecule has 1 heterocycles. The van der Waals surface area contributed by atoms with Gasteiger partial charge in [-0.1, -0.05) is 0 Å². The summed E-state index contributed by atoms with van der Waals surface area (Å²) in [4.78, 5) is 2.66. The summed E-state index contributed by atoms with van der Waals surface area (Å²) in [5.41, 5.74) is 6.59. The number of rotatable bonds is 3. The number of likely N-dealkylation sites (tertiary alicyclic amines) is 1. The van der Waals surface area contributed by atoms with Gasteiger partial charge < -0.3 is 11.1 Å². The minimum absolute atomic E-state index is 0.349. The Balaban J connectivity index is 1.78. The number of nitrogens with two attached hydrogens (primary N) is 1. The molecule has 0 aromatic rings. The first-order chi connectivity index (χ1) is 8.95. The van der Waals surface area contributed by atoms with Gasteiger partial charge in [0.05, 0.1) is 0 Å². The van der Waals surface area contributed by atoms with Gasteiger partial charge in [0.25, 0.3) is 0 Å². The Kier molecular flexibility index (Phi) is 4.91. The van der Waals surface area contributed by atoms with Gasteiger partial charge in [0.1, 0.15) is 0 Å². The van der Waals surface area contributed by atoms with E-state index in [2.05, 4.69) is 31.0 Å². The van der Waals surface area contributed by atoms with Crippen LogP contribution in [0.2, 0.25) is 0 Å². The van der Waals surface area contributed by atoms with Crippen molar-refractivity contribution in [1.29, 1.82) is 0 Å². The first-order valence-corrected chi connectivity index (χ1v) is 8.14. The van der Waals surface area contributed by atoms with Crippen molar-refractivity contribution in [2.75, 3.05) is 26.2 Å². The second-order valence-corrected chi connectivity index (χ2v) is 7.67. The first-order valence-electron chi connectivity index (χ1n) is 8.14. The Labute approximate surface area is 119 Å². The van der Waals surface area contributed by atoms with Crippen molar-refractivity contribution in [1.82, 2.24) is 10.2 Å². The van der Waals surface area contributed by atoms with Crippen molar-refractivity contribution in [3.8, 4) is 0 Å². The molecule has 2 aliphatic rings. The van der Waals surface area contributed by atoms with Crippen molar-refractivity contribution in [2.45, 2.75) is 70.9 Å². The number of hydrogen-bond donors (Lipinski definition) is 2. The van der Waals surface area contributed by atoms with E-state index in [1.165, 1.54) is 51.6 Å². The number of piperidine rings is 1. The van der Waals surface area contributed by atoms with E-state index in [9.17, 15) is 0 Å². The van der Waals surface area contributed by atoms with Gasteiger partial charge >= 0.3 is 0 Å². The van der Waals surface area contributed by atoms with E-state index in [4.69, 9.17) is 5.73 Å². The normalized spacial score (nSPS) is 25.9. The summed E-state index contributed by atoms with van der Waals surface area (Å²) in [6.07, 6.45) is 8.38. The van der Waals surface area contributed by atoms with Gasteiger partial charge in [-0.15, -0.1) is 0 Å². The molecule has 0 aromatic carbocycles. The second-order valence-electron chi connectivity index (χ2n) is 7.67. The predicted octanol–water partition coefficient (Wildman–Crippen LogP) is 2.36. The third kappa shape index (κ3) is 3.93. The Bertz CT molecular complexity index is 264. The molecule has 3 N–H and O–H groups in total. The lowest BCUT2D eigenvalue weighted by Gasteiger charge is -2.49. The van der Waals surface area contributed by atoms with Crippen LogP contribution in [0.25, 0.3) is 0 Å². The van der Waals surface area contributed by atoms with E-state index in [0.29, 0.717) is 11.0 Å². The lowest BCUT2D eigenvalue weighted by atomic mass is 9.66. The zero-order valence-electron chi connectivity index (χ0n) is 13.2. The molecule has 1 saturated carbocycles. The minimum Gasteiger partial charge on any atom is -0.329 e. The minimum atomic E-state index is 0.349. The van der Waals surface area contributed by atoms with Gasteiger partial charge in [-0.25, -0.2) is 0 Å². The number of hydrogen-bond acceptors (Lipinski definition) is 3. The molecular weight excluding hydrogens is 234 g/mol. The molecule has 1 aliphatic heterocycles. The molecule has 0 amide bonds. The van der Waals surface area contributed by atoms with Crippen LogP contribution < -0.4 is 11.1 Å². The van der Waals surface area contributed by atoms with Crippen molar-refractivity contribution in [2.24, 2.45) is 11.1 Å². The van der Waals surface area contributed by atoms with E-state index >= 15 is 0 Å². The third-order valence-electron chi connectivity index (χ3n) is 5.40. The van der Waals surface area contributed by atoms with E-state index in [1.807, 2.05) is 0 Å². The summed E-state index contributed by atoms with van der Waals surface area (Å²) in [6, 6.07) is 0.731. The van der Waals surface area contributed by atoms with E-state index in [0.717, 1.165) is 19.1 Å². The average molecular weight is 267 g/mol. The maximum absolute atomic E-state index is 5.57. The SMILES string of the molecule is CC(C)(C)N1CCC2(CCC(NCCN)CC2)CC1. The van der Waals surface area contributed by atoms with Crippen LogP contribution in [-0.4, -0.2) is 42.7 Å². The van der Waals surface area contributed by atoms with Crippen LogP contribution >= 0.6 is 0 Å². The summed E-state index contributed by atoms with van der Waals surface area (Å²) in [7, 11) is 0. The molecule has 19 heavy (non-hydrogen) atoms. The van der Waals surface area contributed by atoms with Crippen LogP contribution in [0.4, 0.5) is 0 Å². The molecule has 0 atom stereocenters. The fourth-order valence-corrected chi connectivity index (χ4v) is 3.87. The smallest absolute Gasteiger partial charge is 0.0125 e. The van der Waals surface area contributed by atoms with Gasteiger partial charge in [-0.2, -0.15) is 0 Å². The second kappa shape index (κ2) is 6.11. The molecule has 1 spiro atoms. The lowest BCUT2D eigenvalue weighted by molar-refractivity contribution is 0.0171. The van der Waals surface area contributed by atoms with E-state index in [1.54, 1.807) is 0 Å². The van der Waals surface area contributed by atoms with Gasteiger partial charge in [-0.3, -0.25) is 4.90 Å². The zero-order valence-corrected chi connectivity index (χ0v) is 13.2. The molecule has 2 rings (SSSR count). The van der Waals surface area contributed by atoms with Crippen LogP contribution in [0.1, 0.15) is 59.3 Å². The molecule has 3 nitrogen and oxygen atoms in total. The summed E-state index contributed by atoms with van der Waals surface area (Å²) < 4.78 is 0. The molecule has 2 fully saturated rings. The summed E-state index contributed by atoms with van der Waals surface area (Å²) in [5.74, 6) is 0. The van der Waals surface area contributed by atoms with Crippen molar-refractivity contribution in [3.05, 3.63) is 0 Å². The van der Waals surface area contributed by atoms with Gasteiger partial charge in [0, 0.05) is 24.7 Å². The Morgan fingerprint density at radius 1 is 1.11 bits per heavy atom. The number of nitrogens with one attached hydrogen (secondary N) is 1. The van der Waals surface area contributed by atoms with Gasteiger partial charge in [-0.05, 0) is 77.8 Å². The van der Waals surface area contributed by atoms with E-state index < -0.39 is 0 Å². The fourth-order valence-electron chi connectivity index (χ4n) is 3.87. The molecule has 0 radical (unpaired) electrons. The van der Waals surface area contributed by atoms with Crippen molar-refractivity contribution >= 4 is 0 Å².